The van der Waals surface area contributed by atoms with Gasteiger partial charge in [-0.1, -0.05) is 24.3 Å². The van der Waals surface area contributed by atoms with Crippen LogP contribution in [0.2, 0.25) is 0 Å². The number of aliphatic imine (C=N–C) groups is 1. The Morgan fingerprint density at radius 3 is 2.32 bits per heavy atom. The molecule has 34 heavy (non-hydrogen) atoms. The van der Waals surface area contributed by atoms with Crippen LogP contribution < -0.4 is 4.74 Å². The second-order valence-corrected chi connectivity index (χ2v) is 8.42. The van der Waals surface area contributed by atoms with Crippen LogP contribution in [0, 0.1) is 5.92 Å². The Hall–Kier alpha value is -3.42. The molecule has 2 aromatic rings. The van der Waals surface area contributed by atoms with Crippen molar-refractivity contribution in [3.8, 4) is 5.75 Å². The van der Waals surface area contributed by atoms with Gasteiger partial charge in [-0.2, -0.15) is 13.2 Å². The predicted molar refractivity (Wildman–Crippen MR) is 119 cm³/mol. The highest BCUT2D eigenvalue weighted by Gasteiger charge is 2.44. The quantitative estimate of drug-likeness (QED) is 0.530. The van der Waals surface area contributed by atoms with Crippen LogP contribution in [0.25, 0.3) is 0 Å². The smallest absolute Gasteiger partial charge is 0.416 e. The van der Waals surface area contributed by atoms with Crippen molar-refractivity contribution >= 4 is 17.5 Å². The minimum Gasteiger partial charge on any atom is -0.497 e. The maximum absolute atomic E-state index is 13.2. The maximum atomic E-state index is 13.2. The molecule has 0 N–H and O–H groups in total. The Labute approximate surface area is 195 Å². The number of hydrogen-bond donors (Lipinski definition) is 0. The average molecular weight is 471 g/mol. The van der Waals surface area contributed by atoms with Crippen LogP contribution in [0.1, 0.15) is 48.8 Å². The molecule has 5 nitrogen and oxygen atoms in total. The number of ether oxygens (including phenoxy) is 2. The number of carbonyl (C=O) groups is 2. The molecule has 0 bridgehead atoms. The molecule has 0 saturated heterocycles. The first kappa shape index (κ1) is 23.7. The van der Waals surface area contributed by atoms with Crippen molar-refractivity contribution in [2.45, 2.75) is 44.9 Å². The van der Waals surface area contributed by atoms with E-state index in [9.17, 15) is 22.8 Å². The first-order chi connectivity index (χ1) is 16.2. The van der Waals surface area contributed by atoms with E-state index in [2.05, 4.69) is 4.99 Å². The summed E-state index contributed by atoms with van der Waals surface area (Å²) in [7, 11) is 1.55. The van der Waals surface area contributed by atoms with Crippen LogP contribution in [0.4, 0.5) is 13.2 Å². The van der Waals surface area contributed by atoms with Gasteiger partial charge < -0.3 is 9.47 Å². The van der Waals surface area contributed by atoms with E-state index in [0.29, 0.717) is 42.0 Å². The van der Waals surface area contributed by atoms with Crippen molar-refractivity contribution in [1.29, 1.82) is 0 Å². The van der Waals surface area contributed by atoms with Gasteiger partial charge in [0.15, 0.2) is 0 Å². The van der Waals surface area contributed by atoms with E-state index in [1.807, 2.05) is 0 Å². The van der Waals surface area contributed by atoms with Crippen LogP contribution >= 0.6 is 0 Å². The summed E-state index contributed by atoms with van der Waals surface area (Å²) in [4.78, 5) is 30.7. The van der Waals surface area contributed by atoms with Gasteiger partial charge in [0.1, 0.15) is 18.1 Å². The summed E-state index contributed by atoms with van der Waals surface area (Å²) >= 11 is 0. The van der Waals surface area contributed by atoms with Gasteiger partial charge in [-0.25, -0.2) is 4.79 Å². The van der Waals surface area contributed by atoms with Crippen molar-refractivity contribution in [3.05, 3.63) is 76.5 Å². The summed E-state index contributed by atoms with van der Waals surface area (Å²) in [5.41, 5.74) is 1.71. The predicted octanol–water partition coefficient (Wildman–Crippen LogP) is 5.64. The summed E-state index contributed by atoms with van der Waals surface area (Å²) in [6, 6.07) is 11.6. The fraction of sp³-hybridized carbons (Fsp3) is 0.346. The summed E-state index contributed by atoms with van der Waals surface area (Å²) in [5, 5.41) is 0. The number of alkyl halides is 3. The first-order valence-corrected chi connectivity index (χ1v) is 11.0. The van der Waals surface area contributed by atoms with Crippen molar-refractivity contribution in [2.75, 3.05) is 7.11 Å². The number of benzene rings is 2. The molecule has 2 atom stereocenters. The number of Topliss-reactive ketones (excluding diaryl/α,β-unsaturated/α-hetero) is 1. The van der Waals surface area contributed by atoms with E-state index < -0.39 is 29.5 Å². The van der Waals surface area contributed by atoms with Crippen LogP contribution in [-0.2, 0) is 27.1 Å². The molecule has 2 unspecified atom stereocenters. The zero-order valence-electron chi connectivity index (χ0n) is 18.8. The average Bonchev–Trinajstić information content (AvgIpc) is 2.81. The van der Waals surface area contributed by atoms with Crippen LogP contribution in [0.5, 0.6) is 5.75 Å². The Balaban J connectivity index is 1.67. The van der Waals surface area contributed by atoms with Crippen molar-refractivity contribution in [3.63, 3.8) is 0 Å². The minimum atomic E-state index is -4.48. The lowest BCUT2D eigenvalue weighted by molar-refractivity contribution is -0.141. The molecule has 1 fully saturated rings. The summed E-state index contributed by atoms with van der Waals surface area (Å²) in [6.07, 6.45) is -2.87. The molecule has 1 heterocycles. The number of allylic oxidation sites excluding steroid dienone is 1. The van der Waals surface area contributed by atoms with E-state index in [-0.39, 0.29) is 18.0 Å². The zero-order chi connectivity index (χ0) is 24.5. The molecule has 0 aromatic heterocycles. The fourth-order valence-corrected chi connectivity index (χ4v) is 4.57. The number of carbonyl (C=O) groups excluding carboxylic acids is 2. The summed E-state index contributed by atoms with van der Waals surface area (Å²) < 4.78 is 50.0. The monoisotopic (exact) mass is 471 g/mol. The van der Waals surface area contributed by atoms with Crippen LogP contribution in [0.3, 0.4) is 0 Å². The number of rotatable bonds is 5. The van der Waals surface area contributed by atoms with Gasteiger partial charge in [-0.3, -0.25) is 9.79 Å². The lowest BCUT2D eigenvalue weighted by Gasteiger charge is -2.35. The number of nitrogens with zero attached hydrogens (tertiary/aromatic N) is 1. The number of fused-ring (bicyclic) bond motifs is 1. The summed E-state index contributed by atoms with van der Waals surface area (Å²) in [5.74, 6) is -1.47. The van der Waals surface area contributed by atoms with Gasteiger partial charge in [0.25, 0.3) is 0 Å². The van der Waals surface area contributed by atoms with Gasteiger partial charge in [-0.15, -0.1) is 0 Å². The van der Waals surface area contributed by atoms with Gasteiger partial charge in [-0.05, 0) is 55.2 Å². The van der Waals surface area contributed by atoms with Crippen molar-refractivity contribution < 1.29 is 32.2 Å². The van der Waals surface area contributed by atoms with Gasteiger partial charge in [0, 0.05) is 23.7 Å². The highest BCUT2D eigenvalue weighted by atomic mass is 19.4. The third-order valence-corrected chi connectivity index (χ3v) is 6.25. The van der Waals surface area contributed by atoms with Crippen LogP contribution in [0.15, 0.2) is 64.8 Å². The maximum Gasteiger partial charge on any atom is 0.416 e. The Kier molecular flexibility index (Phi) is 6.59. The van der Waals surface area contributed by atoms with E-state index in [1.54, 1.807) is 38.3 Å². The molecule has 8 heteroatoms. The zero-order valence-corrected chi connectivity index (χ0v) is 18.8. The highest BCUT2D eigenvalue weighted by Crippen LogP contribution is 2.43. The summed E-state index contributed by atoms with van der Waals surface area (Å²) in [6.45, 7) is 1.66. The number of hydrogen-bond acceptors (Lipinski definition) is 5. The second kappa shape index (κ2) is 9.44. The Morgan fingerprint density at radius 1 is 1.03 bits per heavy atom. The topological polar surface area (TPSA) is 65.0 Å². The van der Waals surface area contributed by atoms with Gasteiger partial charge >= 0.3 is 12.1 Å². The Morgan fingerprint density at radius 2 is 1.71 bits per heavy atom. The minimum absolute atomic E-state index is 0.00543. The Bertz CT molecular complexity index is 1150. The molecule has 2 aliphatic rings. The first-order valence-electron chi connectivity index (χ1n) is 11.0. The molecular formula is C26H24F3NO4. The molecule has 0 spiro atoms. The second-order valence-electron chi connectivity index (χ2n) is 8.42. The lowest BCUT2D eigenvalue weighted by Crippen LogP contribution is -2.39. The lowest BCUT2D eigenvalue weighted by atomic mass is 9.69. The molecule has 178 valence electrons. The van der Waals surface area contributed by atoms with E-state index in [1.165, 1.54) is 12.1 Å². The molecule has 0 amide bonds. The van der Waals surface area contributed by atoms with Crippen molar-refractivity contribution in [2.24, 2.45) is 10.9 Å². The standard InChI is InChI=1S/C26H24F3NO4/c1-15-22(25(32)34-14-16-6-12-19(33-2)13-7-16)23(24-20(30-15)4-3-5-21(24)31)17-8-10-18(11-9-17)26(27,28)29/h6-13,23-24H,3-5,14H2,1-2H3. The van der Waals surface area contributed by atoms with E-state index in [0.717, 1.165) is 17.7 Å². The third kappa shape index (κ3) is 4.76. The van der Waals surface area contributed by atoms with Gasteiger partial charge in [0.05, 0.1) is 24.2 Å². The largest absolute Gasteiger partial charge is 0.497 e. The van der Waals surface area contributed by atoms with E-state index in [4.69, 9.17) is 9.47 Å². The number of methoxy groups -OCH3 is 1. The van der Waals surface area contributed by atoms with Gasteiger partial charge in [0.2, 0.25) is 0 Å². The number of ketones is 1. The number of halogens is 3. The molecule has 2 aromatic carbocycles. The molecule has 1 saturated carbocycles. The molecule has 1 aliphatic heterocycles. The molecule has 1 aliphatic carbocycles. The SMILES string of the molecule is COc1ccc(COC(=O)C2=C(C)N=C3CCCC(=O)C3C2c2ccc(C(F)(F)F)cc2)cc1. The molecule has 0 radical (unpaired) electrons. The molecule has 4 rings (SSSR count). The third-order valence-electron chi connectivity index (χ3n) is 6.25. The highest BCUT2D eigenvalue weighted by molar-refractivity contribution is 6.11. The molecular weight excluding hydrogens is 447 g/mol. The normalized spacial score (nSPS) is 20.5. The fourth-order valence-electron chi connectivity index (χ4n) is 4.57. The van der Waals surface area contributed by atoms with E-state index >= 15 is 0 Å². The number of esters is 1. The van der Waals surface area contributed by atoms with Crippen LogP contribution in [-0.4, -0.2) is 24.6 Å². The van der Waals surface area contributed by atoms with Crippen molar-refractivity contribution in [1.82, 2.24) is 0 Å².